The van der Waals surface area contributed by atoms with Gasteiger partial charge in [-0.3, -0.25) is 19.0 Å². The van der Waals surface area contributed by atoms with Crippen molar-refractivity contribution in [2.75, 3.05) is 6.61 Å². The number of nitrogens with one attached hydrogen (secondary N) is 3. The van der Waals surface area contributed by atoms with Crippen molar-refractivity contribution in [1.29, 1.82) is 0 Å². The summed E-state index contributed by atoms with van der Waals surface area (Å²) in [5.74, 6) is -0.726. The van der Waals surface area contributed by atoms with Crippen molar-refractivity contribution in [1.82, 2.24) is 35.0 Å². The number of unbranched alkanes of at least 4 members (excludes halogenated alkanes) is 1. The number of pyridine rings is 1. The van der Waals surface area contributed by atoms with Crippen molar-refractivity contribution < 1.29 is 35.6 Å². The molecule has 0 saturated heterocycles. The van der Waals surface area contributed by atoms with Crippen molar-refractivity contribution in [2.45, 2.75) is 66.3 Å². The summed E-state index contributed by atoms with van der Waals surface area (Å²) < 4.78 is 73.1. The van der Waals surface area contributed by atoms with Gasteiger partial charge in [0.15, 0.2) is 11.6 Å². The molecule has 0 bridgehead atoms. The topological polar surface area (TPSA) is 195 Å². The zero-order valence-electron chi connectivity index (χ0n) is 35.1. The fourth-order valence-electron chi connectivity index (χ4n) is 6.62. The third kappa shape index (κ3) is 10.3. The van der Waals surface area contributed by atoms with Crippen LogP contribution in [0.3, 0.4) is 0 Å². The van der Waals surface area contributed by atoms with Crippen LogP contribution in [-0.2, 0) is 32.8 Å². The largest absolute Gasteiger partial charge is 0.491 e. The smallest absolute Gasteiger partial charge is 0.267 e. The summed E-state index contributed by atoms with van der Waals surface area (Å²) in [5.41, 5.74) is 4.87. The van der Waals surface area contributed by atoms with E-state index in [1.54, 1.807) is 103 Å². The molecule has 0 atom stereocenters. The lowest BCUT2D eigenvalue weighted by Crippen LogP contribution is -2.23. The van der Waals surface area contributed by atoms with Gasteiger partial charge in [0, 0.05) is 61.2 Å². The number of rotatable bonds is 14. The Hall–Kier alpha value is -7.24. The Morgan fingerprint density at radius 3 is 2.08 bits per heavy atom. The summed E-state index contributed by atoms with van der Waals surface area (Å²) in [6.45, 7) is 6.57. The number of aromatic amines is 1. The zero-order chi connectivity index (χ0) is 45.4. The maximum absolute atomic E-state index is 14.3. The van der Waals surface area contributed by atoms with Gasteiger partial charge in [0.05, 0.1) is 31.8 Å². The molecule has 0 spiro atoms. The molecule has 0 saturated carbocycles. The average molecular weight is 902 g/mol. The Kier molecular flexibility index (Phi) is 13.6. The second-order valence-corrected chi connectivity index (χ2v) is 18.7. The quantitative estimate of drug-likeness (QED) is 0.0909. The summed E-state index contributed by atoms with van der Waals surface area (Å²) in [6.07, 6.45) is 11.5. The number of fused-ring (bicyclic) bond motifs is 2. The molecular weight excluding hydrogens is 858 g/mol. The van der Waals surface area contributed by atoms with Crippen LogP contribution in [0.25, 0.3) is 16.7 Å². The normalized spacial score (nSPS) is 11.5. The summed E-state index contributed by atoms with van der Waals surface area (Å²) >= 11 is 0. The van der Waals surface area contributed by atoms with Crippen LogP contribution in [0.4, 0.5) is 4.39 Å². The Labute approximate surface area is 369 Å². The average Bonchev–Trinajstić information content (AvgIpc) is 3.96. The number of H-pyrrole nitrogens is 1. The molecule has 3 N–H and O–H groups in total. The molecule has 14 nitrogen and oxygen atoms in total. The van der Waals surface area contributed by atoms with E-state index < -0.39 is 25.5 Å². The first-order valence-electron chi connectivity index (χ1n) is 20.2. The molecule has 0 aliphatic heterocycles. The SMILES string of the molecule is CCCCOc1ccc(S(=O)(=O)c2ccc(CNC(=O)c3cc4cnccc4[nH]3)cc2)cc1F.Cc1ccc(S(=O)(=O)c2ccc(CNC(=O)c3cnc4nccn4c3)cc2)c(C)c1. The number of imidazole rings is 1. The van der Waals surface area contributed by atoms with Crippen LogP contribution in [0.2, 0.25) is 0 Å². The monoisotopic (exact) mass is 901 g/mol. The van der Waals surface area contributed by atoms with Gasteiger partial charge in [-0.05, 0) is 97.6 Å². The molecular formula is C47H44FN7O7S2. The van der Waals surface area contributed by atoms with Gasteiger partial charge in [0.2, 0.25) is 25.5 Å². The van der Waals surface area contributed by atoms with E-state index in [9.17, 15) is 30.8 Å². The van der Waals surface area contributed by atoms with Gasteiger partial charge < -0.3 is 20.4 Å². The molecule has 4 heterocycles. The van der Waals surface area contributed by atoms with E-state index in [-0.39, 0.29) is 45.3 Å². The molecule has 8 rings (SSSR count). The number of aromatic nitrogens is 5. The maximum Gasteiger partial charge on any atom is 0.267 e. The van der Waals surface area contributed by atoms with Crippen LogP contribution in [-0.4, -0.2) is 59.6 Å². The first-order chi connectivity index (χ1) is 30.7. The molecule has 4 aromatic heterocycles. The first-order valence-corrected chi connectivity index (χ1v) is 23.1. The predicted molar refractivity (Wildman–Crippen MR) is 238 cm³/mol. The highest BCUT2D eigenvalue weighted by Crippen LogP contribution is 2.27. The number of hydrogen-bond donors (Lipinski definition) is 3. The standard InChI is InChI=1S/C25H24FN3O4S.C22H20N4O3S/c1-2-3-12-33-24-9-8-20(14-21(24)26)34(31,32)19-6-4-17(5-7-19)15-28-25(30)23-13-18-16-27-11-10-22(18)29-23;1-15-3-8-20(16(2)11-15)30(28,29)19-6-4-17(5-7-19)12-24-21(27)18-13-25-22-23-9-10-26(22)14-18/h4-11,13-14,16,29H,2-3,12,15H2,1H3,(H,28,30);3-11,13-14H,12H2,1-2H3,(H,24,27). The number of carbonyl (C=O) groups is 2. The minimum Gasteiger partial charge on any atom is -0.491 e. The van der Waals surface area contributed by atoms with Gasteiger partial charge in [-0.2, -0.15) is 0 Å². The number of hydrogen-bond acceptors (Lipinski definition) is 10. The molecule has 4 aromatic carbocycles. The van der Waals surface area contributed by atoms with Crippen molar-refractivity contribution in [3.63, 3.8) is 0 Å². The van der Waals surface area contributed by atoms with E-state index in [0.29, 0.717) is 28.5 Å². The van der Waals surface area contributed by atoms with Gasteiger partial charge >= 0.3 is 0 Å². The fraction of sp³-hybridized carbons (Fsp3) is 0.170. The highest BCUT2D eigenvalue weighted by atomic mass is 32.2. The molecule has 0 fully saturated rings. The maximum atomic E-state index is 14.3. The Bertz CT molecular complexity index is 3160. The lowest BCUT2D eigenvalue weighted by atomic mass is 10.2. The second-order valence-electron chi connectivity index (χ2n) is 14.8. The number of halogens is 1. The van der Waals surface area contributed by atoms with E-state index >= 15 is 0 Å². The van der Waals surface area contributed by atoms with Gasteiger partial charge in [0.25, 0.3) is 11.8 Å². The molecule has 64 heavy (non-hydrogen) atoms. The summed E-state index contributed by atoms with van der Waals surface area (Å²) in [7, 11) is -7.50. The van der Waals surface area contributed by atoms with E-state index in [4.69, 9.17) is 4.74 Å². The number of nitrogens with zero attached hydrogens (tertiary/aromatic N) is 4. The van der Waals surface area contributed by atoms with Crippen molar-refractivity contribution in [2.24, 2.45) is 0 Å². The minimum atomic E-state index is -3.90. The second kappa shape index (κ2) is 19.4. The van der Waals surface area contributed by atoms with Gasteiger partial charge in [0.1, 0.15) is 5.69 Å². The number of amides is 2. The van der Waals surface area contributed by atoms with Crippen molar-refractivity contribution in [3.05, 3.63) is 174 Å². The molecule has 0 aliphatic carbocycles. The summed E-state index contributed by atoms with van der Waals surface area (Å²) in [6, 6.07) is 25.1. The number of carbonyl (C=O) groups excluding carboxylic acids is 2. The number of benzene rings is 4. The molecule has 0 aliphatic rings. The van der Waals surface area contributed by atoms with E-state index in [1.165, 1.54) is 30.5 Å². The number of aryl methyl sites for hydroxylation is 2. The van der Waals surface area contributed by atoms with Crippen LogP contribution in [0, 0.1) is 19.7 Å². The van der Waals surface area contributed by atoms with E-state index in [2.05, 4.69) is 30.6 Å². The molecule has 8 aromatic rings. The Balaban J connectivity index is 0.000000193. The Morgan fingerprint density at radius 2 is 1.42 bits per heavy atom. The van der Waals surface area contributed by atoms with Crippen LogP contribution < -0.4 is 15.4 Å². The zero-order valence-corrected chi connectivity index (χ0v) is 36.7. The van der Waals surface area contributed by atoms with Crippen LogP contribution in [0.5, 0.6) is 5.75 Å². The molecule has 17 heteroatoms. The number of ether oxygens (including phenoxy) is 1. The molecule has 328 valence electrons. The fourth-order valence-corrected chi connectivity index (χ4v) is 9.37. The van der Waals surface area contributed by atoms with E-state index in [0.717, 1.165) is 52.1 Å². The van der Waals surface area contributed by atoms with E-state index in [1.807, 2.05) is 19.9 Å². The lowest BCUT2D eigenvalue weighted by molar-refractivity contribution is 0.0940. The molecule has 2 amide bonds. The minimum absolute atomic E-state index is 0.0321. The molecule has 0 radical (unpaired) electrons. The Morgan fingerprint density at radius 1 is 0.750 bits per heavy atom. The van der Waals surface area contributed by atoms with Crippen LogP contribution >= 0.6 is 0 Å². The summed E-state index contributed by atoms with van der Waals surface area (Å²) in [4.78, 5) is 40.4. The molecule has 0 unspecified atom stereocenters. The van der Waals surface area contributed by atoms with Crippen LogP contribution in [0.15, 0.2) is 154 Å². The summed E-state index contributed by atoms with van der Waals surface area (Å²) in [5, 5.41) is 6.44. The van der Waals surface area contributed by atoms with Crippen LogP contribution in [0.1, 0.15) is 62.9 Å². The third-order valence-electron chi connectivity index (χ3n) is 10.1. The number of sulfone groups is 2. The highest BCUT2D eigenvalue weighted by Gasteiger charge is 2.21. The van der Waals surface area contributed by atoms with Crippen molar-refractivity contribution in [3.8, 4) is 5.75 Å². The van der Waals surface area contributed by atoms with Gasteiger partial charge in [-0.15, -0.1) is 0 Å². The first kappa shape index (κ1) is 44.8. The van der Waals surface area contributed by atoms with Gasteiger partial charge in [-0.1, -0.05) is 55.3 Å². The van der Waals surface area contributed by atoms with Gasteiger partial charge in [-0.25, -0.2) is 31.2 Å². The lowest BCUT2D eigenvalue weighted by Gasteiger charge is -2.10. The predicted octanol–water partition coefficient (Wildman–Crippen LogP) is 7.75. The third-order valence-corrected chi connectivity index (χ3v) is 13.8. The van der Waals surface area contributed by atoms with Crippen molar-refractivity contribution >= 4 is 48.2 Å². The highest BCUT2D eigenvalue weighted by molar-refractivity contribution is 7.91.